The van der Waals surface area contributed by atoms with Crippen LogP contribution < -0.4 is 5.73 Å². The van der Waals surface area contributed by atoms with Crippen LogP contribution in [0.3, 0.4) is 0 Å². The zero-order valence-corrected chi connectivity index (χ0v) is 8.95. The molecule has 0 saturated carbocycles. The van der Waals surface area contributed by atoms with Gasteiger partial charge in [0.15, 0.2) is 0 Å². The Bertz CT molecular complexity index is 331. The van der Waals surface area contributed by atoms with E-state index in [9.17, 15) is 0 Å². The van der Waals surface area contributed by atoms with Crippen molar-refractivity contribution < 1.29 is 0 Å². The molecule has 1 aliphatic rings. The maximum Gasteiger partial charge on any atom is 0.0393 e. The molecule has 0 atom stereocenters. The highest BCUT2D eigenvalue weighted by Crippen LogP contribution is 2.38. The minimum atomic E-state index is 0.538. The van der Waals surface area contributed by atoms with Gasteiger partial charge in [0.25, 0.3) is 0 Å². The summed E-state index contributed by atoms with van der Waals surface area (Å²) in [5.41, 5.74) is 9.85. The van der Waals surface area contributed by atoms with E-state index < -0.39 is 0 Å². The third-order valence-electron chi connectivity index (χ3n) is 2.58. The first-order chi connectivity index (χ1) is 6.20. The van der Waals surface area contributed by atoms with Crippen LogP contribution in [0.25, 0.3) is 0 Å². The van der Waals surface area contributed by atoms with Gasteiger partial charge in [0, 0.05) is 16.3 Å². The summed E-state index contributed by atoms with van der Waals surface area (Å²) in [7, 11) is 0. The summed E-state index contributed by atoms with van der Waals surface area (Å²) in [6.45, 7) is 4.39. The van der Waals surface area contributed by atoms with Crippen LogP contribution in [0.15, 0.2) is 17.0 Å². The van der Waals surface area contributed by atoms with Crippen LogP contribution in [0.5, 0.6) is 0 Å². The molecule has 0 unspecified atom stereocenters. The van der Waals surface area contributed by atoms with E-state index in [2.05, 4.69) is 26.0 Å². The third kappa shape index (κ3) is 1.44. The first-order valence-electron chi connectivity index (χ1n) is 4.74. The Morgan fingerprint density at radius 3 is 2.85 bits per heavy atom. The van der Waals surface area contributed by atoms with Crippen LogP contribution in [0.2, 0.25) is 0 Å². The van der Waals surface area contributed by atoms with E-state index in [4.69, 9.17) is 5.73 Å². The highest BCUT2D eigenvalue weighted by atomic mass is 32.2. The van der Waals surface area contributed by atoms with Crippen molar-refractivity contribution in [3.63, 3.8) is 0 Å². The lowest BCUT2D eigenvalue weighted by Gasteiger charge is -2.12. The van der Waals surface area contributed by atoms with Crippen molar-refractivity contribution in [2.24, 2.45) is 0 Å². The third-order valence-corrected chi connectivity index (χ3v) is 3.68. The minimum Gasteiger partial charge on any atom is -0.398 e. The van der Waals surface area contributed by atoms with Crippen molar-refractivity contribution >= 4 is 17.4 Å². The first-order valence-corrected chi connectivity index (χ1v) is 5.72. The molecule has 13 heavy (non-hydrogen) atoms. The largest absolute Gasteiger partial charge is 0.398 e. The first kappa shape index (κ1) is 8.95. The molecule has 0 amide bonds. The van der Waals surface area contributed by atoms with Crippen LogP contribution in [-0.4, -0.2) is 5.75 Å². The van der Waals surface area contributed by atoms with Crippen LogP contribution >= 0.6 is 11.8 Å². The standard InChI is InChI=1S/C11H15NS/c1-7(2)8-3-4-10-9(11(8)12)5-6-13-10/h3-4,7H,5-6,12H2,1-2H3. The average molecular weight is 193 g/mol. The Morgan fingerprint density at radius 1 is 1.38 bits per heavy atom. The second-order valence-corrected chi connectivity index (χ2v) is 4.94. The minimum absolute atomic E-state index is 0.538. The molecule has 70 valence electrons. The zero-order chi connectivity index (χ0) is 9.42. The van der Waals surface area contributed by atoms with Gasteiger partial charge in [-0.15, -0.1) is 11.8 Å². The molecule has 2 N–H and O–H groups in total. The van der Waals surface area contributed by atoms with E-state index in [0.29, 0.717) is 5.92 Å². The number of anilines is 1. The quantitative estimate of drug-likeness (QED) is 0.694. The number of hydrogen-bond acceptors (Lipinski definition) is 2. The van der Waals surface area contributed by atoms with Crippen molar-refractivity contribution in [2.45, 2.75) is 31.1 Å². The van der Waals surface area contributed by atoms with E-state index in [1.165, 1.54) is 21.8 Å². The van der Waals surface area contributed by atoms with Crippen molar-refractivity contribution in [3.8, 4) is 0 Å². The van der Waals surface area contributed by atoms with Crippen molar-refractivity contribution in [3.05, 3.63) is 23.3 Å². The van der Waals surface area contributed by atoms with Crippen LogP contribution in [0.4, 0.5) is 5.69 Å². The summed E-state index contributed by atoms with van der Waals surface area (Å²) < 4.78 is 0. The maximum atomic E-state index is 6.12. The molecule has 0 spiro atoms. The number of fused-ring (bicyclic) bond motifs is 1. The molecule has 1 aromatic carbocycles. The summed E-state index contributed by atoms with van der Waals surface area (Å²) in [5, 5.41) is 0. The van der Waals surface area contributed by atoms with E-state index >= 15 is 0 Å². The Morgan fingerprint density at radius 2 is 2.15 bits per heavy atom. The van der Waals surface area contributed by atoms with Gasteiger partial charge in [-0.3, -0.25) is 0 Å². The summed E-state index contributed by atoms with van der Waals surface area (Å²) in [4.78, 5) is 1.39. The Hall–Kier alpha value is -0.630. The fourth-order valence-electron chi connectivity index (χ4n) is 1.82. The second-order valence-electron chi connectivity index (χ2n) is 3.80. The number of benzene rings is 1. The Labute approximate surface area is 83.7 Å². The molecule has 1 aliphatic heterocycles. The van der Waals surface area contributed by atoms with Gasteiger partial charge in [0.2, 0.25) is 0 Å². The highest BCUT2D eigenvalue weighted by molar-refractivity contribution is 7.99. The molecule has 1 aromatic rings. The predicted molar refractivity (Wildman–Crippen MR) is 59.4 cm³/mol. The number of nitrogens with two attached hydrogens (primary N) is 1. The second kappa shape index (κ2) is 3.26. The van der Waals surface area contributed by atoms with E-state index in [1.54, 1.807) is 0 Å². The molecular weight excluding hydrogens is 178 g/mol. The normalized spacial score (nSPS) is 15.0. The molecule has 2 rings (SSSR count). The summed E-state index contributed by atoms with van der Waals surface area (Å²) in [5.74, 6) is 1.73. The molecule has 0 aliphatic carbocycles. The topological polar surface area (TPSA) is 26.0 Å². The fraction of sp³-hybridized carbons (Fsp3) is 0.455. The van der Waals surface area contributed by atoms with Gasteiger partial charge >= 0.3 is 0 Å². The predicted octanol–water partition coefficient (Wildman–Crippen LogP) is 3.04. The number of hydrogen-bond donors (Lipinski definition) is 1. The molecule has 0 fully saturated rings. The summed E-state index contributed by atoms with van der Waals surface area (Å²) in [6.07, 6.45) is 1.15. The molecule has 2 heteroatoms. The monoisotopic (exact) mass is 193 g/mol. The molecular formula is C11H15NS. The number of thioether (sulfide) groups is 1. The van der Waals surface area contributed by atoms with Gasteiger partial charge in [-0.25, -0.2) is 0 Å². The summed E-state index contributed by atoms with van der Waals surface area (Å²) >= 11 is 1.92. The van der Waals surface area contributed by atoms with Crippen molar-refractivity contribution in [2.75, 3.05) is 11.5 Å². The fourth-order valence-corrected chi connectivity index (χ4v) is 2.90. The SMILES string of the molecule is CC(C)c1ccc2c(c1N)CCS2. The lowest BCUT2D eigenvalue weighted by atomic mass is 9.97. The van der Waals surface area contributed by atoms with E-state index in [1.807, 2.05) is 11.8 Å². The zero-order valence-electron chi connectivity index (χ0n) is 8.13. The highest BCUT2D eigenvalue weighted by Gasteiger charge is 2.17. The Kier molecular flexibility index (Phi) is 2.24. The van der Waals surface area contributed by atoms with Gasteiger partial charge in [0.1, 0.15) is 0 Å². The number of rotatable bonds is 1. The van der Waals surface area contributed by atoms with Gasteiger partial charge < -0.3 is 5.73 Å². The van der Waals surface area contributed by atoms with Crippen molar-refractivity contribution in [1.82, 2.24) is 0 Å². The van der Waals surface area contributed by atoms with Gasteiger partial charge in [-0.2, -0.15) is 0 Å². The summed E-state index contributed by atoms with van der Waals surface area (Å²) in [6, 6.07) is 4.40. The molecule has 0 aromatic heterocycles. The van der Waals surface area contributed by atoms with E-state index in [-0.39, 0.29) is 0 Å². The van der Waals surface area contributed by atoms with Crippen molar-refractivity contribution in [1.29, 1.82) is 0 Å². The lowest BCUT2D eigenvalue weighted by Crippen LogP contribution is -2.00. The molecule has 1 nitrogen and oxygen atoms in total. The van der Waals surface area contributed by atoms with Crippen LogP contribution in [0.1, 0.15) is 30.9 Å². The average Bonchev–Trinajstić information content (AvgIpc) is 2.52. The molecule has 0 bridgehead atoms. The lowest BCUT2D eigenvalue weighted by molar-refractivity contribution is 0.864. The maximum absolute atomic E-state index is 6.12. The van der Waals surface area contributed by atoms with E-state index in [0.717, 1.165) is 12.1 Å². The van der Waals surface area contributed by atoms with Crippen LogP contribution in [0, 0.1) is 0 Å². The number of nitrogen functional groups attached to an aromatic ring is 1. The molecule has 0 saturated heterocycles. The Balaban J connectivity index is 2.52. The van der Waals surface area contributed by atoms with Gasteiger partial charge in [-0.1, -0.05) is 19.9 Å². The molecule has 1 heterocycles. The van der Waals surface area contributed by atoms with Gasteiger partial charge in [0.05, 0.1) is 0 Å². The smallest absolute Gasteiger partial charge is 0.0393 e. The molecule has 0 radical (unpaired) electrons. The van der Waals surface area contributed by atoms with Gasteiger partial charge in [-0.05, 0) is 29.5 Å². The van der Waals surface area contributed by atoms with Crippen LogP contribution in [-0.2, 0) is 6.42 Å².